The SMILES string of the molecule is Cc1ccc(Nc2ccc(Nc3ccc(C#N)cc3)cc2)cc1. The molecule has 0 heterocycles. The Morgan fingerprint density at radius 2 is 0.957 bits per heavy atom. The minimum Gasteiger partial charge on any atom is -0.356 e. The van der Waals surface area contributed by atoms with E-state index in [0.717, 1.165) is 22.7 Å². The topological polar surface area (TPSA) is 47.8 Å². The summed E-state index contributed by atoms with van der Waals surface area (Å²) < 4.78 is 0. The summed E-state index contributed by atoms with van der Waals surface area (Å²) in [7, 11) is 0. The molecule has 3 aromatic carbocycles. The summed E-state index contributed by atoms with van der Waals surface area (Å²) in [6.07, 6.45) is 0. The van der Waals surface area contributed by atoms with E-state index in [1.54, 1.807) is 12.1 Å². The average molecular weight is 299 g/mol. The summed E-state index contributed by atoms with van der Waals surface area (Å²) in [5.74, 6) is 0. The van der Waals surface area contributed by atoms with Gasteiger partial charge in [0.25, 0.3) is 0 Å². The highest BCUT2D eigenvalue weighted by Crippen LogP contribution is 2.22. The van der Waals surface area contributed by atoms with Crippen LogP contribution >= 0.6 is 0 Å². The maximum Gasteiger partial charge on any atom is 0.0991 e. The molecule has 2 N–H and O–H groups in total. The number of anilines is 4. The lowest BCUT2D eigenvalue weighted by Crippen LogP contribution is -1.92. The standard InChI is InChI=1S/C20H17N3/c1-15-2-6-17(7-3-15)22-19-10-12-20(13-11-19)23-18-8-4-16(14-21)5-9-18/h2-13,22-23H,1H3. The largest absolute Gasteiger partial charge is 0.356 e. The van der Waals surface area contributed by atoms with Crippen LogP contribution in [0.1, 0.15) is 11.1 Å². The molecule has 0 spiro atoms. The molecule has 0 aromatic heterocycles. The maximum atomic E-state index is 8.81. The molecule has 0 radical (unpaired) electrons. The van der Waals surface area contributed by atoms with E-state index in [1.165, 1.54) is 5.56 Å². The third-order valence-corrected chi connectivity index (χ3v) is 3.53. The van der Waals surface area contributed by atoms with Gasteiger partial charge in [-0.25, -0.2) is 0 Å². The van der Waals surface area contributed by atoms with Gasteiger partial charge in [0.05, 0.1) is 11.6 Å². The van der Waals surface area contributed by atoms with Gasteiger partial charge in [0, 0.05) is 22.7 Å². The van der Waals surface area contributed by atoms with Crippen molar-refractivity contribution in [1.29, 1.82) is 5.26 Å². The summed E-state index contributed by atoms with van der Waals surface area (Å²) >= 11 is 0. The summed E-state index contributed by atoms with van der Waals surface area (Å²) in [5.41, 5.74) is 5.99. The number of aryl methyl sites for hydroxylation is 1. The fourth-order valence-corrected chi connectivity index (χ4v) is 2.24. The van der Waals surface area contributed by atoms with Crippen LogP contribution in [0, 0.1) is 18.3 Å². The second-order valence-electron chi connectivity index (χ2n) is 5.38. The van der Waals surface area contributed by atoms with Crippen LogP contribution < -0.4 is 10.6 Å². The Hall–Kier alpha value is -3.25. The lowest BCUT2D eigenvalue weighted by Gasteiger charge is -2.09. The third-order valence-electron chi connectivity index (χ3n) is 3.53. The lowest BCUT2D eigenvalue weighted by atomic mass is 10.2. The van der Waals surface area contributed by atoms with E-state index in [4.69, 9.17) is 5.26 Å². The van der Waals surface area contributed by atoms with Crippen molar-refractivity contribution in [1.82, 2.24) is 0 Å². The quantitative estimate of drug-likeness (QED) is 0.682. The van der Waals surface area contributed by atoms with Gasteiger partial charge < -0.3 is 10.6 Å². The first kappa shape index (κ1) is 14.7. The highest BCUT2D eigenvalue weighted by atomic mass is 14.9. The number of rotatable bonds is 4. The van der Waals surface area contributed by atoms with Crippen LogP contribution in [-0.2, 0) is 0 Å². The van der Waals surface area contributed by atoms with Crippen LogP contribution in [0.15, 0.2) is 72.8 Å². The Balaban J connectivity index is 1.66. The molecule has 0 saturated heterocycles. The Bertz CT molecular complexity index is 811. The second kappa shape index (κ2) is 6.67. The van der Waals surface area contributed by atoms with Gasteiger partial charge in [0.15, 0.2) is 0 Å². The van der Waals surface area contributed by atoms with Crippen molar-refractivity contribution in [2.24, 2.45) is 0 Å². The predicted octanol–water partition coefficient (Wildman–Crippen LogP) is 5.35. The summed E-state index contributed by atoms with van der Waals surface area (Å²) in [5, 5.41) is 15.5. The molecule has 0 amide bonds. The molecule has 0 atom stereocenters. The van der Waals surface area contributed by atoms with Gasteiger partial charge in [-0.15, -0.1) is 0 Å². The fraction of sp³-hybridized carbons (Fsp3) is 0.0500. The molecule has 3 rings (SSSR count). The summed E-state index contributed by atoms with van der Waals surface area (Å²) in [4.78, 5) is 0. The third kappa shape index (κ3) is 3.90. The predicted molar refractivity (Wildman–Crippen MR) is 95.3 cm³/mol. The van der Waals surface area contributed by atoms with Crippen LogP contribution in [0.3, 0.4) is 0 Å². The molecule has 0 fully saturated rings. The van der Waals surface area contributed by atoms with Crippen molar-refractivity contribution in [3.05, 3.63) is 83.9 Å². The van der Waals surface area contributed by atoms with Crippen LogP contribution in [0.2, 0.25) is 0 Å². The van der Waals surface area contributed by atoms with Crippen molar-refractivity contribution in [3.63, 3.8) is 0 Å². The van der Waals surface area contributed by atoms with E-state index in [-0.39, 0.29) is 0 Å². The Kier molecular flexibility index (Phi) is 4.26. The minimum absolute atomic E-state index is 0.660. The zero-order valence-electron chi connectivity index (χ0n) is 12.9. The van der Waals surface area contributed by atoms with E-state index in [2.05, 4.69) is 47.9 Å². The first-order chi connectivity index (χ1) is 11.2. The van der Waals surface area contributed by atoms with Crippen LogP contribution in [0.5, 0.6) is 0 Å². The first-order valence-electron chi connectivity index (χ1n) is 7.44. The van der Waals surface area contributed by atoms with Crippen LogP contribution in [0.25, 0.3) is 0 Å². The summed E-state index contributed by atoms with van der Waals surface area (Å²) in [6, 6.07) is 25.9. The molecular formula is C20H17N3. The van der Waals surface area contributed by atoms with E-state index < -0.39 is 0 Å². The van der Waals surface area contributed by atoms with Gasteiger partial charge in [-0.3, -0.25) is 0 Å². The summed E-state index contributed by atoms with van der Waals surface area (Å²) in [6.45, 7) is 2.08. The number of nitrogens with one attached hydrogen (secondary N) is 2. The zero-order chi connectivity index (χ0) is 16.1. The molecular weight excluding hydrogens is 282 g/mol. The Morgan fingerprint density at radius 1 is 0.609 bits per heavy atom. The van der Waals surface area contributed by atoms with Crippen LogP contribution in [0.4, 0.5) is 22.7 Å². The molecule has 0 saturated carbocycles. The Labute approximate surface area is 136 Å². The highest BCUT2D eigenvalue weighted by molar-refractivity contribution is 5.66. The van der Waals surface area contributed by atoms with E-state index in [0.29, 0.717) is 5.56 Å². The van der Waals surface area contributed by atoms with Gasteiger partial charge in [-0.2, -0.15) is 5.26 Å². The molecule has 3 heteroatoms. The van der Waals surface area contributed by atoms with Gasteiger partial charge in [0.2, 0.25) is 0 Å². The highest BCUT2D eigenvalue weighted by Gasteiger charge is 1.98. The van der Waals surface area contributed by atoms with Crippen LogP contribution in [-0.4, -0.2) is 0 Å². The van der Waals surface area contributed by atoms with Crippen molar-refractivity contribution in [3.8, 4) is 6.07 Å². The van der Waals surface area contributed by atoms with E-state index in [1.807, 2.05) is 36.4 Å². The normalized spacial score (nSPS) is 9.91. The molecule has 0 bridgehead atoms. The minimum atomic E-state index is 0.660. The van der Waals surface area contributed by atoms with Gasteiger partial charge in [-0.05, 0) is 67.6 Å². The number of nitrogens with zero attached hydrogens (tertiary/aromatic N) is 1. The first-order valence-corrected chi connectivity index (χ1v) is 7.44. The molecule has 112 valence electrons. The lowest BCUT2D eigenvalue weighted by molar-refractivity contribution is 1.45. The number of benzene rings is 3. The second-order valence-corrected chi connectivity index (χ2v) is 5.38. The molecule has 0 aliphatic rings. The van der Waals surface area contributed by atoms with E-state index in [9.17, 15) is 0 Å². The van der Waals surface area contributed by atoms with Crippen molar-refractivity contribution in [2.75, 3.05) is 10.6 Å². The number of nitriles is 1. The average Bonchev–Trinajstić information content (AvgIpc) is 2.59. The molecule has 0 unspecified atom stereocenters. The monoisotopic (exact) mass is 299 g/mol. The molecule has 0 aliphatic carbocycles. The maximum absolute atomic E-state index is 8.81. The van der Waals surface area contributed by atoms with Crippen molar-refractivity contribution >= 4 is 22.7 Å². The molecule has 3 aromatic rings. The van der Waals surface area contributed by atoms with Gasteiger partial charge >= 0.3 is 0 Å². The molecule has 23 heavy (non-hydrogen) atoms. The fourth-order valence-electron chi connectivity index (χ4n) is 2.24. The van der Waals surface area contributed by atoms with E-state index >= 15 is 0 Å². The number of hydrogen-bond acceptors (Lipinski definition) is 3. The van der Waals surface area contributed by atoms with Gasteiger partial charge in [0.1, 0.15) is 0 Å². The van der Waals surface area contributed by atoms with Crippen molar-refractivity contribution in [2.45, 2.75) is 6.92 Å². The zero-order valence-corrected chi connectivity index (χ0v) is 12.9. The smallest absolute Gasteiger partial charge is 0.0991 e. The van der Waals surface area contributed by atoms with Crippen molar-refractivity contribution < 1.29 is 0 Å². The number of hydrogen-bond donors (Lipinski definition) is 2. The molecule has 3 nitrogen and oxygen atoms in total. The Morgan fingerprint density at radius 3 is 1.35 bits per heavy atom. The molecule has 0 aliphatic heterocycles. The van der Waals surface area contributed by atoms with Gasteiger partial charge in [-0.1, -0.05) is 17.7 Å².